The second-order valence-corrected chi connectivity index (χ2v) is 5.70. The van der Waals surface area contributed by atoms with Crippen LogP contribution in [0.2, 0.25) is 0 Å². The maximum Gasteiger partial charge on any atom is 0.215 e. The molecule has 0 saturated carbocycles. The van der Waals surface area contributed by atoms with Crippen LogP contribution in [-0.4, -0.2) is 21.0 Å². The first-order valence-corrected chi connectivity index (χ1v) is 6.80. The zero-order valence-electron chi connectivity index (χ0n) is 9.55. The molecule has 0 amide bonds. The molecule has 92 valence electrons. The van der Waals surface area contributed by atoms with Crippen LogP contribution in [0.25, 0.3) is 0 Å². The molecule has 1 aromatic carbocycles. The van der Waals surface area contributed by atoms with Gasteiger partial charge in [0.15, 0.2) is 0 Å². The number of nitrogens with one attached hydrogen (secondary N) is 1. The Morgan fingerprint density at radius 3 is 2.82 bits per heavy atom. The van der Waals surface area contributed by atoms with E-state index in [0.29, 0.717) is 11.1 Å². The molecular formula is C11H15N3O2S. The van der Waals surface area contributed by atoms with Gasteiger partial charge in [-0.05, 0) is 24.6 Å². The second kappa shape index (κ2) is 5.77. The van der Waals surface area contributed by atoms with Crippen molar-refractivity contribution in [3.63, 3.8) is 0 Å². The number of sulfonamides is 1. The van der Waals surface area contributed by atoms with Crippen molar-refractivity contribution in [2.45, 2.75) is 18.7 Å². The van der Waals surface area contributed by atoms with Crippen LogP contribution in [-0.2, 0) is 15.8 Å². The molecule has 6 heteroatoms. The molecule has 0 bridgehead atoms. The number of nitrogens with two attached hydrogens (primary N) is 1. The van der Waals surface area contributed by atoms with Gasteiger partial charge in [-0.15, -0.1) is 0 Å². The minimum atomic E-state index is -3.39. The molecule has 0 aliphatic carbocycles. The number of rotatable bonds is 5. The van der Waals surface area contributed by atoms with Crippen LogP contribution in [0.15, 0.2) is 24.3 Å². The van der Waals surface area contributed by atoms with E-state index in [9.17, 15) is 8.42 Å². The van der Waals surface area contributed by atoms with E-state index in [2.05, 4.69) is 4.72 Å². The smallest absolute Gasteiger partial charge is 0.215 e. The van der Waals surface area contributed by atoms with Gasteiger partial charge in [0.1, 0.15) is 0 Å². The molecule has 0 saturated heterocycles. The highest BCUT2D eigenvalue weighted by molar-refractivity contribution is 7.88. The molecular weight excluding hydrogens is 238 g/mol. The third kappa shape index (κ3) is 4.95. The SMILES string of the molecule is CC(N)CNS(=O)(=O)Cc1cccc(C#N)c1. The molecule has 0 heterocycles. The molecule has 17 heavy (non-hydrogen) atoms. The lowest BCUT2D eigenvalue weighted by molar-refractivity contribution is 0.573. The van der Waals surface area contributed by atoms with Gasteiger partial charge in [-0.25, -0.2) is 13.1 Å². The largest absolute Gasteiger partial charge is 0.327 e. The molecule has 3 N–H and O–H groups in total. The van der Waals surface area contributed by atoms with E-state index in [1.165, 1.54) is 0 Å². The minimum absolute atomic E-state index is 0.144. The molecule has 1 rings (SSSR count). The fraction of sp³-hybridized carbons (Fsp3) is 0.364. The highest BCUT2D eigenvalue weighted by Crippen LogP contribution is 2.07. The van der Waals surface area contributed by atoms with Crippen molar-refractivity contribution < 1.29 is 8.42 Å². The summed E-state index contributed by atoms with van der Waals surface area (Å²) in [6, 6.07) is 8.27. The van der Waals surface area contributed by atoms with Gasteiger partial charge in [0.25, 0.3) is 0 Å². The topological polar surface area (TPSA) is 96.0 Å². The molecule has 0 spiro atoms. The molecule has 0 fully saturated rings. The quantitative estimate of drug-likeness (QED) is 0.790. The zero-order chi connectivity index (χ0) is 12.9. The van der Waals surface area contributed by atoms with E-state index >= 15 is 0 Å². The molecule has 0 aliphatic rings. The van der Waals surface area contributed by atoms with Gasteiger partial charge < -0.3 is 5.73 Å². The van der Waals surface area contributed by atoms with Crippen molar-refractivity contribution in [3.8, 4) is 6.07 Å². The Morgan fingerprint density at radius 1 is 1.53 bits per heavy atom. The van der Waals surface area contributed by atoms with Gasteiger partial charge >= 0.3 is 0 Å². The van der Waals surface area contributed by atoms with Crippen molar-refractivity contribution in [1.29, 1.82) is 5.26 Å². The van der Waals surface area contributed by atoms with Crippen molar-refractivity contribution in [3.05, 3.63) is 35.4 Å². The Bertz CT molecular complexity index is 518. The summed E-state index contributed by atoms with van der Waals surface area (Å²) in [5.74, 6) is -0.144. The van der Waals surface area contributed by atoms with Gasteiger partial charge in [0, 0.05) is 12.6 Å². The van der Waals surface area contributed by atoms with Gasteiger partial charge in [-0.2, -0.15) is 5.26 Å². The summed E-state index contributed by atoms with van der Waals surface area (Å²) in [6.07, 6.45) is 0. The fourth-order valence-electron chi connectivity index (χ4n) is 1.26. The summed E-state index contributed by atoms with van der Waals surface area (Å²) in [7, 11) is -3.39. The highest BCUT2D eigenvalue weighted by Gasteiger charge is 2.12. The summed E-state index contributed by atoms with van der Waals surface area (Å²) in [5, 5.41) is 8.70. The second-order valence-electron chi connectivity index (χ2n) is 3.90. The first-order valence-electron chi connectivity index (χ1n) is 5.15. The van der Waals surface area contributed by atoms with E-state index in [1.807, 2.05) is 6.07 Å². The van der Waals surface area contributed by atoms with Crippen LogP contribution in [0.5, 0.6) is 0 Å². The summed E-state index contributed by atoms with van der Waals surface area (Å²) in [5.41, 5.74) is 6.50. The first-order chi connectivity index (χ1) is 7.93. The molecule has 1 aromatic rings. The van der Waals surface area contributed by atoms with Crippen LogP contribution >= 0.6 is 0 Å². The normalized spacial score (nSPS) is 13.0. The summed E-state index contributed by atoms with van der Waals surface area (Å²) < 4.78 is 25.7. The van der Waals surface area contributed by atoms with Gasteiger partial charge in [-0.1, -0.05) is 12.1 Å². The van der Waals surface area contributed by atoms with Crippen molar-refractivity contribution in [1.82, 2.24) is 4.72 Å². The Kier molecular flexibility index (Phi) is 4.63. The van der Waals surface area contributed by atoms with E-state index < -0.39 is 10.0 Å². The highest BCUT2D eigenvalue weighted by atomic mass is 32.2. The Morgan fingerprint density at radius 2 is 2.24 bits per heavy atom. The molecule has 0 radical (unpaired) electrons. The first kappa shape index (κ1) is 13.6. The van der Waals surface area contributed by atoms with E-state index in [-0.39, 0.29) is 18.3 Å². The van der Waals surface area contributed by atoms with E-state index in [0.717, 1.165) is 0 Å². The molecule has 5 nitrogen and oxygen atoms in total. The van der Waals surface area contributed by atoms with Crippen molar-refractivity contribution in [2.75, 3.05) is 6.54 Å². The minimum Gasteiger partial charge on any atom is -0.327 e. The number of hydrogen-bond acceptors (Lipinski definition) is 4. The van der Waals surface area contributed by atoms with Gasteiger partial charge in [0.2, 0.25) is 10.0 Å². The zero-order valence-corrected chi connectivity index (χ0v) is 10.4. The maximum atomic E-state index is 11.7. The summed E-state index contributed by atoms with van der Waals surface area (Å²) in [4.78, 5) is 0. The third-order valence-electron chi connectivity index (χ3n) is 2.04. The van der Waals surface area contributed by atoms with Crippen LogP contribution in [0.4, 0.5) is 0 Å². The number of nitriles is 1. The standard InChI is InChI=1S/C11H15N3O2S/c1-9(13)7-14-17(15,16)8-11-4-2-3-10(5-11)6-12/h2-5,9,14H,7-8,13H2,1H3. The maximum absolute atomic E-state index is 11.7. The molecule has 1 atom stereocenters. The lowest BCUT2D eigenvalue weighted by Gasteiger charge is -2.08. The lowest BCUT2D eigenvalue weighted by Crippen LogP contribution is -2.35. The number of nitrogens with zero attached hydrogens (tertiary/aromatic N) is 1. The van der Waals surface area contributed by atoms with Crippen LogP contribution < -0.4 is 10.5 Å². The molecule has 0 aromatic heterocycles. The predicted molar refractivity (Wildman–Crippen MR) is 65.4 cm³/mol. The predicted octanol–water partition coefficient (Wildman–Crippen LogP) is 0.325. The fourth-order valence-corrected chi connectivity index (χ4v) is 2.50. The third-order valence-corrected chi connectivity index (χ3v) is 3.36. The Hall–Kier alpha value is -1.42. The van der Waals surface area contributed by atoms with E-state index in [1.54, 1.807) is 31.2 Å². The average Bonchev–Trinajstić information content (AvgIpc) is 2.26. The Balaban J connectivity index is 2.73. The van der Waals surface area contributed by atoms with Crippen molar-refractivity contribution >= 4 is 10.0 Å². The van der Waals surface area contributed by atoms with Gasteiger partial charge in [0.05, 0.1) is 17.4 Å². The number of benzene rings is 1. The monoisotopic (exact) mass is 253 g/mol. The molecule has 1 unspecified atom stereocenters. The summed E-state index contributed by atoms with van der Waals surface area (Å²) in [6.45, 7) is 1.93. The average molecular weight is 253 g/mol. The van der Waals surface area contributed by atoms with Crippen LogP contribution in [0.1, 0.15) is 18.1 Å². The molecule has 0 aliphatic heterocycles. The van der Waals surface area contributed by atoms with Crippen LogP contribution in [0, 0.1) is 11.3 Å². The van der Waals surface area contributed by atoms with Crippen LogP contribution in [0.3, 0.4) is 0 Å². The van der Waals surface area contributed by atoms with Crippen molar-refractivity contribution in [2.24, 2.45) is 5.73 Å². The Labute approximate surface area is 101 Å². The number of hydrogen-bond donors (Lipinski definition) is 2. The summed E-state index contributed by atoms with van der Waals surface area (Å²) >= 11 is 0. The lowest BCUT2D eigenvalue weighted by atomic mass is 10.2. The van der Waals surface area contributed by atoms with Gasteiger partial charge in [-0.3, -0.25) is 0 Å². The van der Waals surface area contributed by atoms with E-state index in [4.69, 9.17) is 11.0 Å².